The predicted molar refractivity (Wildman–Crippen MR) is 76.5 cm³/mol. The first-order chi connectivity index (χ1) is 10.9. The van der Waals surface area contributed by atoms with Gasteiger partial charge in [0.1, 0.15) is 11.3 Å². The number of alkyl halides is 3. The first-order valence-electron chi connectivity index (χ1n) is 6.79. The van der Waals surface area contributed by atoms with Crippen LogP contribution in [0.2, 0.25) is 0 Å². The molecule has 122 valence electrons. The molecule has 2 rings (SSSR count). The minimum absolute atomic E-state index is 0.0431. The molecule has 0 fully saturated rings. The molecule has 0 N–H and O–H groups in total. The van der Waals surface area contributed by atoms with Crippen molar-refractivity contribution in [3.63, 3.8) is 0 Å². The monoisotopic (exact) mass is 325 g/mol. The summed E-state index contributed by atoms with van der Waals surface area (Å²) >= 11 is 0. The number of aromatic nitrogens is 1. The van der Waals surface area contributed by atoms with Gasteiger partial charge >= 0.3 is 12.1 Å². The molecule has 0 aliphatic heterocycles. The van der Waals surface area contributed by atoms with E-state index in [4.69, 9.17) is 4.74 Å². The standard InChI is InChI=1S/C16H14F3NO3/c1-3-13-12(16(17,18)19)9-11(15(21)22-2)14(20-13)23-10-7-5-4-6-8-10/h4-9H,3H2,1-2H3. The van der Waals surface area contributed by atoms with Gasteiger partial charge in [-0.15, -0.1) is 0 Å². The lowest BCUT2D eigenvalue weighted by Crippen LogP contribution is -2.15. The molecule has 0 atom stereocenters. The van der Waals surface area contributed by atoms with E-state index in [-0.39, 0.29) is 23.6 Å². The molecule has 1 aromatic heterocycles. The van der Waals surface area contributed by atoms with Crippen LogP contribution >= 0.6 is 0 Å². The molecular weight excluding hydrogens is 311 g/mol. The highest BCUT2D eigenvalue weighted by Crippen LogP contribution is 2.35. The first-order valence-corrected chi connectivity index (χ1v) is 6.79. The van der Waals surface area contributed by atoms with Crippen molar-refractivity contribution in [2.24, 2.45) is 0 Å². The van der Waals surface area contributed by atoms with Crippen molar-refractivity contribution in [1.82, 2.24) is 4.98 Å². The number of rotatable bonds is 4. The zero-order valence-corrected chi connectivity index (χ0v) is 12.5. The van der Waals surface area contributed by atoms with Crippen LogP contribution in [0.5, 0.6) is 11.6 Å². The Bertz CT molecular complexity index is 700. The Labute approximate surface area is 130 Å². The van der Waals surface area contributed by atoms with Gasteiger partial charge in [-0.1, -0.05) is 25.1 Å². The number of pyridine rings is 1. The number of para-hydroxylation sites is 1. The quantitative estimate of drug-likeness (QED) is 0.789. The molecule has 1 aromatic carbocycles. The van der Waals surface area contributed by atoms with Gasteiger partial charge in [0.05, 0.1) is 18.4 Å². The summed E-state index contributed by atoms with van der Waals surface area (Å²) in [5.74, 6) is -0.809. The van der Waals surface area contributed by atoms with E-state index in [9.17, 15) is 18.0 Å². The summed E-state index contributed by atoms with van der Waals surface area (Å²) < 4.78 is 49.3. The van der Waals surface area contributed by atoms with Crippen LogP contribution in [0.4, 0.5) is 13.2 Å². The number of carbonyl (C=O) groups is 1. The van der Waals surface area contributed by atoms with Crippen molar-refractivity contribution in [3.8, 4) is 11.6 Å². The van der Waals surface area contributed by atoms with Crippen LogP contribution < -0.4 is 4.74 Å². The van der Waals surface area contributed by atoms with Crippen LogP contribution in [0.15, 0.2) is 36.4 Å². The molecule has 23 heavy (non-hydrogen) atoms. The molecule has 1 heterocycles. The number of halogens is 3. The van der Waals surface area contributed by atoms with E-state index in [1.165, 1.54) is 0 Å². The van der Waals surface area contributed by atoms with Crippen molar-refractivity contribution >= 4 is 5.97 Å². The zero-order valence-electron chi connectivity index (χ0n) is 12.5. The van der Waals surface area contributed by atoms with E-state index in [2.05, 4.69) is 9.72 Å². The van der Waals surface area contributed by atoms with Crippen LogP contribution in [0.25, 0.3) is 0 Å². The molecule has 0 unspecified atom stereocenters. The fourth-order valence-electron chi connectivity index (χ4n) is 1.98. The van der Waals surface area contributed by atoms with Gasteiger partial charge in [-0.3, -0.25) is 0 Å². The maximum Gasteiger partial charge on any atom is 0.418 e. The molecule has 7 heteroatoms. The van der Waals surface area contributed by atoms with Crippen molar-refractivity contribution in [2.75, 3.05) is 7.11 Å². The number of benzene rings is 1. The number of carbonyl (C=O) groups excluding carboxylic acids is 1. The highest BCUT2D eigenvalue weighted by Gasteiger charge is 2.36. The third-order valence-electron chi connectivity index (χ3n) is 3.07. The Hall–Kier alpha value is -2.57. The summed E-state index contributed by atoms with van der Waals surface area (Å²) in [4.78, 5) is 15.7. The van der Waals surface area contributed by atoms with E-state index in [1.807, 2.05) is 0 Å². The second kappa shape index (κ2) is 6.68. The molecular formula is C16H14F3NO3. The van der Waals surface area contributed by atoms with Gasteiger partial charge in [-0.05, 0) is 24.6 Å². The lowest BCUT2D eigenvalue weighted by atomic mass is 10.1. The molecule has 0 saturated carbocycles. The molecule has 0 bridgehead atoms. The fraction of sp³-hybridized carbons (Fsp3) is 0.250. The maximum atomic E-state index is 13.1. The summed E-state index contributed by atoms with van der Waals surface area (Å²) in [6.45, 7) is 1.54. The topological polar surface area (TPSA) is 48.4 Å². The van der Waals surface area contributed by atoms with Crippen LogP contribution in [0.3, 0.4) is 0 Å². The molecule has 2 aromatic rings. The van der Waals surface area contributed by atoms with Crippen molar-refractivity contribution in [1.29, 1.82) is 0 Å². The van der Waals surface area contributed by atoms with Crippen molar-refractivity contribution in [3.05, 3.63) is 53.2 Å². The average Bonchev–Trinajstić information content (AvgIpc) is 2.53. The molecule has 4 nitrogen and oxygen atoms in total. The Morgan fingerprint density at radius 2 is 1.87 bits per heavy atom. The van der Waals surface area contributed by atoms with E-state index in [0.29, 0.717) is 5.75 Å². The van der Waals surface area contributed by atoms with Crippen molar-refractivity contribution < 1.29 is 27.4 Å². The molecule has 0 spiro atoms. The maximum absolute atomic E-state index is 13.1. The summed E-state index contributed by atoms with van der Waals surface area (Å²) in [5.41, 5.74) is -1.54. The number of hydrogen-bond acceptors (Lipinski definition) is 4. The van der Waals surface area contributed by atoms with E-state index >= 15 is 0 Å². The Balaban J connectivity index is 2.57. The van der Waals surface area contributed by atoms with Crippen LogP contribution in [-0.4, -0.2) is 18.1 Å². The summed E-state index contributed by atoms with van der Waals surface area (Å²) in [6.07, 6.45) is -4.58. The molecule has 0 aliphatic rings. The van der Waals surface area contributed by atoms with Crippen LogP contribution in [-0.2, 0) is 17.3 Å². The zero-order chi connectivity index (χ0) is 17.0. The molecule has 0 aliphatic carbocycles. The molecule has 0 saturated heterocycles. The highest BCUT2D eigenvalue weighted by molar-refractivity contribution is 5.92. The van der Waals surface area contributed by atoms with Crippen molar-refractivity contribution in [2.45, 2.75) is 19.5 Å². The second-order valence-electron chi connectivity index (χ2n) is 4.59. The fourth-order valence-corrected chi connectivity index (χ4v) is 1.98. The summed E-state index contributed by atoms with van der Waals surface area (Å²) in [5, 5.41) is 0. The normalized spacial score (nSPS) is 11.2. The largest absolute Gasteiger partial charge is 0.465 e. The number of nitrogens with zero attached hydrogens (tertiary/aromatic N) is 1. The number of methoxy groups -OCH3 is 1. The van der Waals surface area contributed by atoms with E-state index < -0.39 is 17.7 Å². The van der Waals surface area contributed by atoms with Gasteiger partial charge in [0, 0.05) is 0 Å². The van der Waals surface area contributed by atoms with Gasteiger partial charge in [0.15, 0.2) is 0 Å². The van der Waals surface area contributed by atoms with E-state index in [1.54, 1.807) is 37.3 Å². The van der Waals surface area contributed by atoms with Gasteiger partial charge in [-0.2, -0.15) is 13.2 Å². The highest BCUT2D eigenvalue weighted by atomic mass is 19.4. The number of hydrogen-bond donors (Lipinski definition) is 0. The SMILES string of the molecule is CCc1nc(Oc2ccccc2)c(C(=O)OC)cc1C(F)(F)F. The Morgan fingerprint density at radius 3 is 2.39 bits per heavy atom. The summed E-state index contributed by atoms with van der Waals surface area (Å²) in [6, 6.07) is 9.07. The Morgan fingerprint density at radius 1 is 1.22 bits per heavy atom. The minimum Gasteiger partial charge on any atom is -0.465 e. The third-order valence-corrected chi connectivity index (χ3v) is 3.07. The van der Waals surface area contributed by atoms with Crippen LogP contribution in [0, 0.1) is 0 Å². The first kappa shape index (κ1) is 16.8. The second-order valence-corrected chi connectivity index (χ2v) is 4.59. The number of aryl methyl sites for hydroxylation is 1. The van der Waals surface area contributed by atoms with Gasteiger partial charge in [0.25, 0.3) is 0 Å². The number of ether oxygens (including phenoxy) is 2. The lowest BCUT2D eigenvalue weighted by Gasteiger charge is -2.15. The van der Waals surface area contributed by atoms with Crippen LogP contribution in [0.1, 0.15) is 28.5 Å². The lowest BCUT2D eigenvalue weighted by molar-refractivity contribution is -0.138. The predicted octanol–water partition coefficient (Wildman–Crippen LogP) is 4.24. The average molecular weight is 325 g/mol. The van der Waals surface area contributed by atoms with Gasteiger partial charge in [-0.25, -0.2) is 9.78 Å². The Kier molecular flexibility index (Phi) is 4.88. The molecule has 0 radical (unpaired) electrons. The van der Waals surface area contributed by atoms with Gasteiger partial charge in [0.2, 0.25) is 5.88 Å². The number of esters is 1. The summed E-state index contributed by atoms with van der Waals surface area (Å²) in [7, 11) is 1.08. The third kappa shape index (κ3) is 3.80. The molecule has 0 amide bonds. The minimum atomic E-state index is -4.62. The van der Waals surface area contributed by atoms with E-state index in [0.717, 1.165) is 13.2 Å². The smallest absolute Gasteiger partial charge is 0.418 e. The van der Waals surface area contributed by atoms with Gasteiger partial charge < -0.3 is 9.47 Å².